The summed E-state index contributed by atoms with van der Waals surface area (Å²) < 4.78 is 7.10. The Balaban J connectivity index is 1.56. The van der Waals surface area contributed by atoms with Gasteiger partial charge in [0, 0.05) is 24.0 Å². The third-order valence-electron chi connectivity index (χ3n) is 4.84. The molecule has 6 heteroatoms. The predicted molar refractivity (Wildman–Crippen MR) is 117 cm³/mol. The van der Waals surface area contributed by atoms with Crippen molar-refractivity contribution >= 4 is 17.8 Å². The lowest BCUT2D eigenvalue weighted by Gasteiger charge is -2.11. The van der Waals surface area contributed by atoms with Crippen LogP contribution in [0.5, 0.6) is 5.75 Å². The standard InChI is InChI=1S/C24H22N4O2/c1-30-23-10-6-5-9-21(23)26-24-15-20(13-14-25-24)28-16-19(22(17-29)27-28)12-11-18-7-3-2-4-8-18/h2-10,13-17H,11-12H2,1H3,(H,25,26). The zero-order valence-corrected chi connectivity index (χ0v) is 16.7. The minimum absolute atomic E-state index is 0.460. The number of nitrogens with one attached hydrogen (secondary N) is 1. The fraction of sp³-hybridized carbons (Fsp3) is 0.125. The summed E-state index contributed by atoms with van der Waals surface area (Å²) in [6.45, 7) is 0. The number of rotatable bonds is 8. The number of aromatic nitrogens is 3. The van der Waals surface area contributed by atoms with Crippen LogP contribution >= 0.6 is 0 Å². The molecule has 0 unspecified atom stereocenters. The first-order chi connectivity index (χ1) is 14.8. The van der Waals surface area contributed by atoms with Crippen LogP contribution in [0.3, 0.4) is 0 Å². The number of benzene rings is 2. The summed E-state index contributed by atoms with van der Waals surface area (Å²) in [5.41, 5.74) is 4.25. The quantitative estimate of drug-likeness (QED) is 0.439. The Bertz CT molecular complexity index is 1140. The van der Waals surface area contributed by atoms with E-state index in [0.29, 0.717) is 11.5 Å². The van der Waals surface area contributed by atoms with Crippen LogP contribution in [0.25, 0.3) is 5.69 Å². The van der Waals surface area contributed by atoms with Crippen molar-refractivity contribution in [1.29, 1.82) is 0 Å². The van der Waals surface area contributed by atoms with Gasteiger partial charge in [-0.15, -0.1) is 0 Å². The fourth-order valence-electron chi connectivity index (χ4n) is 3.29. The Kier molecular flexibility index (Phi) is 5.85. The van der Waals surface area contributed by atoms with Gasteiger partial charge in [0.1, 0.15) is 17.3 Å². The van der Waals surface area contributed by atoms with Crippen LogP contribution in [0.4, 0.5) is 11.5 Å². The lowest BCUT2D eigenvalue weighted by molar-refractivity contribution is 0.111. The third kappa shape index (κ3) is 4.38. The molecule has 2 heterocycles. The van der Waals surface area contributed by atoms with Crippen LogP contribution in [-0.2, 0) is 12.8 Å². The summed E-state index contributed by atoms with van der Waals surface area (Å²) in [4.78, 5) is 15.9. The van der Waals surface area contributed by atoms with E-state index in [2.05, 4.69) is 27.5 Å². The lowest BCUT2D eigenvalue weighted by Crippen LogP contribution is -2.00. The highest BCUT2D eigenvalue weighted by Gasteiger charge is 2.11. The number of methoxy groups -OCH3 is 1. The summed E-state index contributed by atoms with van der Waals surface area (Å²) >= 11 is 0. The average Bonchev–Trinajstić information content (AvgIpc) is 3.22. The number of hydrogen-bond acceptors (Lipinski definition) is 5. The number of pyridine rings is 1. The number of para-hydroxylation sites is 2. The van der Waals surface area contributed by atoms with Gasteiger partial charge in [0.15, 0.2) is 6.29 Å². The smallest absolute Gasteiger partial charge is 0.170 e. The monoisotopic (exact) mass is 398 g/mol. The molecule has 2 aromatic carbocycles. The van der Waals surface area contributed by atoms with Gasteiger partial charge in [0.25, 0.3) is 0 Å². The number of ether oxygens (including phenoxy) is 1. The maximum atomic E-state index is 11.5. The van der Waals surface area contributed by atoms with Gasteiger partial charge in [0.2, 0.25) is 0 Å². The van der Waals surface area contributed by atoms with E-state index in [1.54, 1.807) is 18.0 Å². The van der Waals surface area contributed by atoms with Gasteiger partial charge in [-0.2, -0.15) is 5.10 Å². The summed E-state index contributed by atoms with van der Waals surface area (Å²) in [5, 5.41) is 7.73. The van der Waals surface area contributed by atoms with Gasteiger partial charge in [-0.3, -0.25) is 4.79 Å². The molecule has 0 aliphatic heterocycles. The first kappa shape index (κ1) is 19.4. The van der Waals surface area contributed by atoms with Gasteiger partial charge in [-0.25, -0.2) is 9.67 Å². The van der Waals surface area contributed by atoms with Crippen molar-refractivity contribution < 1.29 is 9.53 Å². The molecule has 150 valence electrons. The molecule has 0 bridgehead atoms. The molecule has 2 aromatic heterocycles. The SMILES string of the molecule is COc1ccccc1Nc1cc(-n2cc(CCc3ccccc3)c(C=O)n2)ccn1. The molecule has 0 atom stereocenters. The van der Waals surface area contributed by atoms with Crippen LogP contribution in [0.15, 0.2) is 79.1 Å². The molecule has 30 heavy (non-hydrogen) atoms. The Hall–Kier alpha value is -3.93. The summed E-state index contributed by atoms with van der Waals surface area (Å²) in [7, 11) is 1.63. The van der Waals surface area contributed by atoms with Gasteiger partial charge in [-0.05, 0) is 36.6 Å². The van der Waals surface area contributed by atoms with Crippen LogP contribution < -0.4 is 10.1 Å². The molecule has 4 rings (SSSR count). The highest BCUT2D eigenvalue weighted by Crippen LogP contribution is 2.27. The van der Waals surface area contributed by atoms with Gasteiger partial charge >= 0.3 is 0 Å². The van der Waals surface area contributed by atoms with E-state index < -0.39 is 0 Å². The highest BCUT2D eigenvalue weighted by atomic mass is 16.5. The first-order valence-electron chi connectivity index (χ1n) is 9.71. The zero-order valence-electron chi connectivity index (χ0n) is 16.7. The van der Waals surface area contributed by atoms with E-state index in [1.807, 2.05) is 60.8 Å². The summed E-state index contributed by atoms with van der Waals surface area (Å²) in [5.74, 6) is 1.39. The molecule has 6 nitrogen and oxygen atoms in total. The number of aryl methyl sites for hydroxylation is 2. The predicted octanol–water partition coefficient (Wildman–Crippen LogP) is 4.62. The largest absolute Gasteiger partial charge is 0.495 e. The van der Waals surface area contributed by atoms with Crippen molar-refractivity contribution in [3.63, 3.8) is 0 Å². The molecule has 0 saturated carbocycles. The number of aldehydes is 1. The second kappa shape index (κ2) is 9.05. The molecule has 0 fully saturated rings. The maximum absolute atomic E-state index is 11.5. The highest BCUT2D eigenvalue weighted by molar-refractivity contribution is 5.74. The first-order valence-corrected chi connectivity index (χ1v) is 9.71. The molecule has 0 aliphatic rings. The zero-order chi connectivity index (χ0) is 20.8. The molecule has 0 spiro atoms. The molecular weight excluding hydrogens is 376 g/mol. The molecule has 0 radical (unpaired) electrons. The molecule has 4 aromatic rings. The van der Waals surface area contributed by atoms with Crippen molar-refractivity contribution in [3.05, 3.63) is 95.9 Å². The van der Waals surface area contributed by atoms with Crippen molar-refractivity contribution in [3.8, 4) is 11.4 Å². The second-order valence-electron chi connectivity index (χ2n) is 6.81. The Morgan fingerprint density at radius 1 is 1.03 bits per heavy atom. The van der Waals surface area contributed by atoms with Crippen molar-refractivity contribution in [2.24, 2.45) is 0 Å². The van der Waals surface area contributed by atoms with Gasteiger partial charge in [-0.1, -0.05) is 42.5 Å². The van der Waals surface area contributed by atoms with E-state index in [9.17, 15) is 4.79 Å². The number of nitrogens with zero attached hydrogens (tertiary/aromatic N) is 3. The minimum Gasteiger partial charge on any atom is -0.495 e. The lowest BCUT2D eigenvalue weighted by atomic mass is 10.1. The van der Waals surface area contributed by atoms with Crippen LogP contribution in [0.2, 0.25) is 0 Å². The van der Waals surface area contributed by atoms with E-state index in [1.165, 1.54) is 5.56 Å². The third-order valence-corrected chi connectivity index (χ3v) is 4.84. The Morgan fingerprint density at radius 2 is 1.83 bits per heavy atom. The van der Waals surface area contributed by atoms with E-state index in [-0.39, 0.29) is 0 Å². The fourth-order valence-corrected chi connectivity index (χ4v) is 3.29. The second-order valence-corrected chi connectivity index (χ2v) is 6.81. The number of anilines is 2. The van der Waals surface area contributed by atoms with Crippen molar-refractivity contribution in [2.75, 3.05) is 12.4 Å². The van der Waals surface area contributed by atoms with Gasteiger partial charge < -0.3 is 10.1 Å². The van der Waals surface area contributed by atoms with Gasteiger partial charge in [0.05, 0.1) is 18.5 Å². The molecular formula is C24H22N4O2. The molecule has 0 aliphatic carbocycles. The number of hydrogen-bond donors (Lipinski definition) is 1. The van der Waals surface area contributed by atoms with Crippen LogP contribution in [-0.4, -0.2) is 28.2 Å². The van der Waals surface area contributed by atoms with Crippen LogP contribution in [0, 0.1) is 0 Å². The van der Waals surface area contributed by atoms with E-state index in [4.69, 9.17) is 4.74 Å². The Labute approximate surface area is 175 Å². The minimum atomic E-state index is 0.460. The van der Waals surface area contributed by atoms with Crippen molar-refractivity contribution in [1.82, 2.24) is 14.8 Å². The van der Waals surface area contributed by atoms with E-state index >= 15 is 0 Å². The molecule has 1 N–H and O–H groups in total. The Morgan fingerprint density at radius 3 is 2.63 bits per heavy atom. The summed E-state index contributed by atoms with van der Waals surface area (Å²) in [6, 6.07) is 21.6. The normalized spacial score (nSPS) is 10.6. The number of carbonyl (C=O) groups is 1. The summed E-state index contributed by atoms with van der Waals surface area (Å²) in [6.07, 6.45) is 6.03. The van der Waals surface area contributed by atoms with Crippen molar-refractivity contribution in [2.45, 2.75) is 12.8 Å². The van der Waals surface area contributed by atoms with E-state index in [0.717, 1.165) is 41.8 Å². The molecule has 0 saturated heterocycles. The van der Waals surface area contributed by atoms with Crippen LogP contribution in [0.1, 0.15) is 21.6 Å². The number of carbonyl (C=O) groups excluding carboxylic acids is 1. The maximum Gasteiger partial charge on any atom is 0.170 e. The average molecular weight is 398 g/mol. The molecule has 0 amide bonds. The topological polar surface area (TPSA) is 69.0 Å².